The lowest BCUT2D eigenvalue weighted by Crippen LogP contribution is -2.14. The smallest absolute Gasteiger partial charge is 0.270 e. The number of aromatic nitrogens is 1. The van der Waals surface area contributed by atoms with Crippen LogP contribution in [-0.2, 0) is 10.0 Å². The molecule has 0 saturated heterocycles. The van der Waals surface area contributed by atoms with Crippen molar-refractivity contribution >= 4 is 33.0 Å². The summed E-state index contributed by atoms with van der Waals surface area (Å²) in [4.78, 5) is 13.6. The number of non-ortho nitro benzene ring substituents is 1. The molecule has 1 heterocycles. The van der Waals surface area contributed by atoms with Gasteiger partial charge in [-0.05, 0) is 24.6 Å². The molecule has 0 fully saturated rings. The van der Waals surface area contributed by atoms with Gasteiger partial charge in [0.1, 0.15) is 4.90 Å². The first-order valence-corrected chi connectivity index (χ1v) is 7.55. The zero-order chi connectivity index (χ0) is 15.6. The van der Waals surface area contributed by atoms with Gasteiger partial charge in [0.25, 0.3) is 15.7 Å². The van der Waals surface area contributed by atoms with E-state index in [9.17, 15) is 18.5 Å². The molecule has 0 amide bonds. The molecule has 2 aromatic rings. The number of aryl methyl sites for hydroxylation is 1. The van der Waals surface area contributed by atoms with Crippen LogP contribution >= 0.6 is 11.6 Å². The van der Waals surface area contributed by atoms with Crippen molar-refractivity contribution in [1.29, 1.82) is 0 Å². The molecule has 1 aromatic heterocycles. The fraction of sp³-hybridized carbons (Fsp3) is 0.0833. The first kappa shape index (κ1) is 15.2. The highest BCUT2D eigenvalue weighted by molar-refractivity contribution is 7.92. The quantitative estimate of drug-likeness (QED) is 0.687. The Hall–Kier alpha value is -2.19. The Morgan fingerprint density at radius 2 is 2.05 bits per heavy atom. The maximum Gasteiger partial charge on any atom is 0.270 e. The lowest BCUT2D eigenvalue weighted by molar-refractivity contribution is -0.385. The van der Waals surface area contributed by atoms with Gasteiger partial charge in [-0.15, -0.1) is 0 Å². The fourth-order valence-electron chi connectivity index (χ4n) is 1.60. The lowest BCUT2D eigenvalue weighted by atomic mass is 10.3. The van der Waals surface area contributed by atoms with E-state index in [0.717, 1.165) is 12.1 Å². The number of nitro groups is 1. The van der Waals surface area contributed by atoms with Crippen LogP contribution in [0.3, 0.4) is 0 Å². The van der Waals surface area contributed by atoms with Crippen LogP contribution in [0.2, 0.25) is 5.02 Å². The van der Waals surface area contributed by atoms with Crippen molar-refractivity contribution in [2.45, 2.75) is 11.8 Å². The summed E-state index contributed by atoms with van der Waals surface area (Å²) >= 11 is 5.84. The van der Waals surface area contributed by atoms with Gasteiger partial charge in [0.15, 0.2) is 0 Å². The summed E-state index contributed by atoms with van der Waals surface area (Å²) in [6.07, 6.45) is 2.92. The molecule has 0 atom stereocenters. The standard InChI is InChI=1S/C12H10ClN3O4S/c1-8-7-14-5-4-11(8)15-21(19,20)12-6-9(16(17)18)2-3-10(12)13/h2-7H,1H3,(H,14,15). The Morgan fingerprint density at radius 1 is 1.33 bits per heavy atom. The third-order valence-corrected chi connectivity index (χ3v) is 4.53. The van der Waals surface area contributed by atoms with E-state index in [1.807, 2.05) is 0 Å². The van der Waals surface area contributed by atoms with Crippen LogP contribution < -0.4 is 4.72 Å². The molecule has 7 nitrogen and oxygen atoms in total. The van der Waals surface area contributed by atoms with E-state index in [2.05, 4.69) is 9.71 Å². The van der Waals surface area contributed by atoms with E-state index in [1.165, 1.54) is 24.5 Å². The van der Waals surface area contributed by atoms with Gasteiger partial charge in [0, 0.05) is 24.5 Å². The molecule has 1 N–H and O–H groups in total. The van der Waals surface area contributed by atoms with Crippen LogP contribution in [0, 0.1) is 17.0 Å². The topological polar surface area (TPSA) is 102 Å². The lowest BCUT2D eigenvalue weighted by Gasteiger charge is -2.11. The van der Waals surface area contributed by atoms with E-state index in [-0.39, 0.29) is 15.6 Å². The number of nitrogens with zero attached hydrogens (tertiary/aromatic N) is 2. The molecular weight excluding hydrogens is 318 g/mol. The maximum atomic E-state index is 12.3. The summed E-state index contributed by atoms with van der Waals surface area (Å²) in [5.74, 6) is 0. The van der Waals surface area contributed by atoms with Crippen molar-refractivity contribution < 1.29 is 13.3 Å². The second-order valence-electron chi connectivity index (χ2n) is 4.17. The third-order valence-electron chi connectivity index (χ3n) is 2.68. The summed E-state index contributed by atoms with van der Waals surface area (Å²) in [6.45, 7) is 1.68. The summed E-state index contributed by atoms with van der Waals surface area (Å²) < 4.78 is 27.0. The molecule has 0 aliphatic carbocycles. The Labute approximate surface area is 125 Å². The van der Waals surface area contributed by atoms with Crippen molar-refractivity contribution in [3.8, 4) is 0 Å². The molecule has 0 spiro atoms. The molecule has 1 aromatic carbocycles. The number of benzene rings is 1. The minimum absolute atomic E-state index is 0.0974. The number of halogens is 1. The summed E-state index contributed by atoms with van der Waals surface area (Å²) in [5.41, 5.74) is 0.585. The molecule has 110 valence electrons. The average molecular weight is 328 g/mol. The largest absolute Gasteiger partial charge is 0.279 e. The summed E-state index contributed by atoms with van der Waals surface area (Å²) in [7, 11) is -4.04. The van der Waals surface area contributed by atoms with Gasteiger partial charge in [-0.25, -0.2) is 8.42 Å². The first-order chi connectivity index (χ1) is 9.81. The number of sulfonamides is 1. The maximum absolute atomic E-state index is 12.3. The first-order valence-electron chi connectivity index (χ1n) is 5.68. The Kier molecular flexibility index (Phi) is 4.10. The van der Waals surface area contributed by atoms with Crippen LogP contribution in [0.1, 0.15) is 5.56 Å². The molecule has 0 saturated carbocycles. The monoisotopic (exact) mass is 327 g/mol. The van der Waals surface area contributed by atoms with E-state index in [1.54, 1.807) is 6.92 Å². The van der Waals surface area contributed by atoms with Crippen molar-refractivity contribution in [2.75, 3.05) is 4.72 Å². The predicted molar refractivity (Wildman–Crippen MR) is 77.9 cm³/mol. The van der Waals surface area contributed by atoms with Crippen molar-refractivity contribution in [3.63, 3.8) is 0 Å². The zero-order valence-corrected chi connectivity index (χ0v) is 12.4. The highest BCUT2D eigenvalue weighted by Crippen LogP contribution is 2.28. The molecule has 0 unspecified atom stereocenters. The Bertz CT molecular complexity index is 808. The van der Waals surface area contributed by atoms with Crippen LogP contribution in [0.4, 0.5) is 11.4 Å². The number of nitrogens with one attached hydrogen (secondary N) is 1. The number of rotatable bonds is 4. The second-order valence-corrected chi connectivity index (χ2v) is 6.23. The van der Waals surface area contributed by atoms with Crippen LogP contribution in [0.25, 0.3) is 0 Å². The number of anilines is 1. The highest BCUT2D eigenvalue weighted by Gasteiger charge is 2.22. The minimum Gasteiger partial charge on any atom is -0.279 e. The van der Waals surface area contributed by atoms with Crippen molar-refractivity contribution in [1.82, 2.24) is 4.98 Å². The molecule has 2 rings (SSSR count). The SMILES string of the molecule is Cc1cnccc1NS(=O)(=O)c1cc([N+](=O)[O-])ccc1Cl. The van der Waals surface area contributed by atoms with Crippen molar-refractivity contribution in [2.24, 2.45) is 0 Å². The second kappa shape index (κ2) is 5.66. The van der Waals surface area contributed by atoms with E-state index in [0.29, 0.717) is 11.3 Å². The number of hydrogen-bond acceptors (Lipinski definition) is 5. The van der Waals surface area contributed by atoms with Crippen LogP contribution in [-0.4, -0.2) is 18.3 Å². The van der Waals surface area contributed by atoms with E-state index in [4.69, 9.17) is 11.6 Å². The Balaban J connectivity index is 2.47. The average Bonchev–Trinajstić information content (AvgIpc) is 2.41. The van der Waals surface area contributed by atoms with Gasteiger partial charge in [0.05, 0.1) is 15.6 Å². The van der Waals surface area contributed by atoms with Gasteiger partial charge in [-0.3, -0.25) is 19.8 Å². The molecule has 9 heteroatoms. The number of nitro benzene ring substituents is 1. The fourth-order valence-corrected chi connectivity index (χ4v) is 3.25. The molecular formula is C12H10ClN3O4S. The number of hydrogen-bond donors (Lipinski definition) is 1. The summed E-state index contributed by atoms with van der Waals surface area (Å²) in [5, 5.41) is 10.6. The molecule has 0 bridgehead atoms. The van der Waals surface area contributed by atoms with E-state index < -0.39 is 14.9 Å². The molecule has 0 aliphatic heterocycles. The normalized spacial score (nSPS) is 11.1. The predicted octanol–water partition coefficient (Wildman–Crippen LogP) is 2.75. The minimum atomic E-state index is -4.04. The van der Waals surface area contributed by atoms with Gasteiger partial charge in [-0.2, -0.15) is 0 Å². The highest BCUT2D eigenvalue weighted by atomic mass is 35.5. The number of pyridine rings is 1. The van der Waals surface area contributed by atoms with Crippen molar-refractivity contribution in [3.05, 3.63) is 57.4 Å². The van der Waals surface area contributed by atoms with Gasteiger partial charge in [-0.1, -0.05) is 11.6 Å². The van der Waals surface area contributed by atoms with E-state index >= 15 is 0 Å². The van der Waals surface area contributed by atoms with Gasteiger partial charge < -0.3 is 0 Å². The van der Waals surface area contributed by atoms with Gasteiger partial charge in [0.2, 0.25) is 0 Å². The zero-order valence-electron chi connectivity index (χ0n) is 10.8. The van der Waals surface area contributed by atoms with Crippen LogP contribution in [0.15, 0.2) is 41.6 Å². The third kappa shape index (κ3) is 3.29. The summed E-state index contributed by atoms with van der Waals surface area (Å²) in [6, 6.07) is 4.71. The molecule has 21 heavy (non-hydrogen) atoms. The van der Waals surface area contributed by atoms with Gasteiger partial charge >= 0.3 is 0 Å². The molecule has 0 radical (unpaired) electrons. The Morgan fingerprint density at radius 3 is 2.67 bits per heavy atom. The van der Waals surface area contributed by atoms with Crippen LogP contribution in [0.5, 0.6) is 0 Å². The molecule has 0 aliphatic rings.